The molecule has 1 aromatic heterocycles. The lowest BCUT2D eigenvalue weighted by atomic mass is 10.2. The summed E-state index contributed by atoms with van der Waals surface area (Å²) in [5.41, 5.74) is 0.555. The van der Waals surface area contributed by atoms with E-state index in [2.05, 4.69) is 64.4 Å². The smallest absolute Gasteiger partial charge is 0.320 e. The molecular weight excluding hydrogens is 515 g/mol. The number of aromatic hydroxyl groups is 1. The molecule has 0 aliphatic rings. The van der Waals surface area contributed by atoms with E-state index in [0.717, 1.165) is 12.5 Å². The van der Waals surface area contributed by atoms with Gasteiger partial charge in [-0.1, -0.05) is 0 Å². The van der Waals surface area contributed by atoms with Gasteiger partial charge in [-0.15, -0.1) is 0 Å². The van der Waals surface area contributed by atoms with E-state index in [4.69, 9.17) is 4.74 Å². The second-order valence-corrected chi connectivity index (χ2v) is 6.91. The van der Waals surface area contributed by atoms with Crippen LogP contribution in [0.5, 0.6) is 11.5 Å². The zero-order chi connectivity index (χ0) is 15.4. The van der Waals surface area contributed by atoms with Crippen molar-refractivity contribution in [3.63, 3.8) is 0 Å². The summed E-state index contributed by atoms with van der Waals surface area (Å²) in [6, 6.07) is 5.53. The zero-order valence-corrected chi connectivity index (χ0v) is 16.4. The van der Waals surface area contributed by atoms with E-state index in [9.17, 15) is 5.11 Å². The Balaban J connectivity index is 2.40. The van der Waals surface area contributed by atoms with Crippen molar-refractivity contribution < 1.29 is 14.8 Å². The summed E-state index contributed by atoms with van der Waals surface area (Å²) in [7, 11) is 0. The van der Waals surface area contributed by atoms with Crippen LogP contribution in [0.25, 0.3) is 0 Å². The Morgan fingerprint density at radius 3 is 2.81 bits per heavy atom. The average Bonchev–Trinajstić information content (AvgIpc) is 2.47. The molecular formula is C14H12Br2IN2O2+. The van der Waals surface area contributed by atoms with E-state index in [1.165, 1.54) is 0 Å². The highest BCUT2D eigenvalue weighted by molar-refractivity contribution is 14.1. The predicted molar refractivity (Wildman–Crippen MR) is 97.6 cm³/mol. The number of hydrogen-bond donors (Lipinski definition) is 1. The van der Waals surface area contributed by atoms with Crippen LogP contribution < -0.4 is 9.72 Å². The Morgan fingerprint density at radius 1 is 1.43 bits per heavy atom. The van der Waals surface area contributed by atoms with Crippen LogP contribution in [0, 0.1) is 3.57 Å². The number of phenols is 1. The molecule has 0 radical (unpaired) electrons. The number of aliphatic imine (C=N–C) groups is 1. The SMILES string of the molecule is CCOc1cc(Br)c(Br)c(C=Nc2ccc(I)c[nH+]2)c1O. The topological polar surface area (TPSA) is 56.0 Å². The fourth-order valence-corrected chi connectivity index (χ4v) is 2.77. The molecule has 0 spiro atoms. The summed E-state index contributed by atoms with van der Waals surface area (Å²) in [6.07, 6.45) is 3.44. The van der Waals surface area contributed by atoms with Crippen LogP contribution in [0.15, 0.2) is 38.3 Å². The van der Waals surface area contributed by atoms with E-state index in [-0.39, 0.29) is 5.75 Å². The molecule has 0 aliphatic carbocycles. The highest BCUT2D eigenvalue weighted by Gasteiger charge is 2.16. The first-order valence-electron chi connectivity index (χ1n) is 6.08. The van der Waals surface area contributed by atoms with Gasteiger partial charge in [0, 0.05) is 15.0 Å². The molecule has 4 nitrogen and oxygen atoms in total. The first-order chi connectivity index (χ1) is 10.0. The van der Waals surface area contributed by atoms with Gasteiger partial charge in [-0.3, -0.25) is 0 Å². The van der Waals surface area contributed by atoms with Crippen LogP contribution >= 0.6 is 54.5 Å². The number of benzene rings is 1. The van der Waals surface area contributed by atoms with E-state index in [0.29, 0.717) is 23.7 Å². The number of pyridine rings is 1. The molecule has 0 fully saturated rings. The molecule has 2 rings (SSSR count). The van der Waals surface area contributed by atoms with Crippen LogP contribution in [-0.2, 0) is 0 Å². The maximum atomic E-state index is 10.3. The van der Waals surface area contributed by atoms with Crippen molar-refractivity contribution in [2.75, 3.05) is 6.61 Å². The molecule has 0 unspecified atom stereocenters. The van der Waals surface area contributed by atoms with Crippen LogP contribution in [0.4, 0.5) is 5.82 Å². The highest BCUT2D eigenvalue weighted by atomic mass is 127. The standard InChI is InChI=1S/C14H11Br2IN2O2/c1-2-21-11-5-10(15)13(16)9(14(11)20)7-19-12-4-3-8(17)6-18-12/h3-7,20H,2H2,1H3/p+1. The predicted octanol–water partition coefficient (Wildman–Crippen LogP) is 4.49. The van der Waals surface area contributed by atoms with Gasteiger partial charge in [0.25, 0.3) is 0 Å². The third kappa shape index (κ3) is 4.17. The Bertz CT molecular complexity index is 676. The maximum absolute atomic E-state index is 10.3. The molecule has 0 aliphatic heterocycles. The van der Waals surface area contributed by atoms with Crippen LogP contribution in [0.1, 0.15) is 12.5 Å². The number of halogens is 3. The Kier molecular flexibility index (Phi) is 6.00. The molecule has 2 aromatic rings. The summed E-state index contributed by atoms with van der Waals surface area (Å²) in [4.78, 5) is 7.39. The lowest BCUT2D eigenvalue weighted by Gasteiger charge is -2.10. The molecule has 0 saturated carbocycles. The molecule has 2 N–H and O–H groups in total. The zero-order valence-electron chi connectivity index (χ0n) is 11.0. The minimum absolute atomic E-state index is 0.0567. The number of nitrogens with zero attached hydrogens (tertiary/aromatic N) is 1. The first-order valence-corrected chi connectivity index (χ1v) is 8.74. The van der Waals surface area contributed by atoms with Crippen molar-refractivity contribution in [3.05, 3.63) is 42.5 Å². The normalized spacial score (nSPS) is 11.0. The van der Waals surface area contributed by atoms with Crippen molar-refractivity contribution in [2.45, 2.75) is 6.92 Å². The maximum Gasteiger partial charge on any atom is 0.320 e. The fraction of sp³-hybridized carbons (Fsp3) is 0.143. The molecule has 21 heavy (non-hydrogen) atoms. The molecule has 1 aromatic carbocycles. The average molecular weight is 527 g/mol. The third-order valence-electron chi connectivity index (χ3n) is 2.58. The van der Waals surface area contributed by atoms with E-state index >= 15 is 0 Å². The lowest BCUT2D eigenvalue weighted by molar-refractivity contribution is -0.363. The molecule has 0 atom stereocenters. The second kappa shape index (κ2) is 7.55. The van der Waals surface area contributed by atoms with Gasteiger partial charge in [-0.25, -0.2) is 4.98 Å². The molecule has 0 amide bonds. The van der Waals surface area contributed by atoms with Crippen LogP contribution in [-0.4, -0.2) is 17.9 Å². The van der Waals surface area contributed by atoms with Gasteiger partial charge < -0.3 is 9.84 Å². The Hall–Kier alpha value is -0.670. The molecule has 7 heteroatoms. The number of ether oxygens (including phenoxy) is 1. The minimum Gasteiger partial charge on any atom is -0.504 e. The summed E-state index contributed by atoms with van der Waals surface area (Å²) >= 11 is 9.08. The van der Waals surface area contributed by atoms with E-state index in [1.54, 1.807) is 12.3 Å². The summed E-state index contributed by atoms with van der Waals surface area (Å²) in [6.45, 7) is 2.34. The third-order valence-corrected chi connectivity index (χ3v) is 5.27. The van der Waals surface area contributed by atoms with Crippen molar-refractivity contribution in [1.29, 1.82) is 0 Å². The Labute approximate surface area is 153 Å². The summed E-state index contributed by atoms with van der Waals surface area (Å²) < 4.78 is 8.01. The van der Waals surface area contributed by atoms with Crippen LogP contribution in [0.3, 0.4) is 0 Å². The first kappa shape index (κ1) is 16.7. The summed E-state index contributed by atoms with van der Waals surface area (Å²) in [5, 5.41) is 10.3. The van der Waals surface area contributed by atoms with Gasteiger partial charge in [-0.05, 0) is 78.5 Å². The van der Waals surface area contributed by atoms with Crippen LogP contribution in [0.2, 0.25) is 0 Å². The van der Waals surface area contributed by atoms with Gasteiger partial charge in [0.1, 0.15) is 6.20 Å². The number of phenolic OH excluding ortho intramolecular Hbond substituents is 1. The number of aromatic nitrogens is 1. The minimum atomic E-state index is 0.0567. The Morgan fingerprint density at radius 2 is 2.19 bits per heavy atom. The van der Waals surface area contributed by atoms with Gasteiger partial charge in [0.2, 0.25) is 0 Å². The highest BCUT2D eigenvalue weighted by Crippen LogP contribution is 2.39. The van der Waals surface area contributed by atoms with Gasteiger partial charge in [-0.2, -0.15) is 0 Å². The van der Waals surface area contributed by atoms with Gasteiger partial charge in [0.15, 0.2) is 17.7 Å². The lowest BCUT2D eigenvalue weighted by Crippen LogP contribution is -2.02. The number of nitrogens with one attached hydrogen (secondary N) is 1. The van der Waals surface area contributed by atoms with Crippen molar-refractivity contribution in [3.8, 4) is 11.5 Å². The van der Waals surface area contributed by atoms with Crippen molar-refractivity contribution >= 4 is 66.5 Å². The van der Waals surface area contributed by atoms with Gasteiger partial charge >= 0.3 is 5.82 Å². The van der Waals surface area contributed by atoms with E-state index < -0.39 is 0 Å². The fourth-order valence-electron chi connectivity index (χ4n) is 1.61. The van der Waals surface area contributed by atoms with E-state index in [1.807, 2.05) is 25.3 Å². The number of hydrogen-bond acceptors (Lipinski definition) is 3. The number of rotatable bonds is 4. The molecule has 1 heterocycles. The van der Waals surface area contributed by atoms with Crippen molar-refractivity contribution in [2.24, 2.45) is 4.99 Å². The molecule has 0 bridgehead atoms. The van der Waals surface area contributed by atoms with Crippen molar-refractivity contribution in [1.82, 2.24) is 0 Å². The quantitative estimate of drug-likeness (QED) is 0.472. The summed E-state index contributed by atoms with van der Waals surface area (Å²) in [5.74, 6) is 1.17. The van der Waals surface area contributed by atoms with Gasteiger partial charge in [0.05, 0.1) is 15.7 Å². The number of H-pyrrole nitrogens is 1. The molecule has 0 saturated heterocycles. The molecule has 110 valence electrons. The monoisotopic (exact) mass is 525 g/mol. The second-order valence-electron chi connectivity index (χ2n) is 4.02. The largest absolute Gasteiger partial charge is 0.504 e. The number of aromatic amines is 1.